The topological polar surface area (TPSA) is 219 Å². The predicted molar refractivity (Wildman–Crippen MR) is 77.7 cm³/mol. The summed E-state index contributed by atoms with van der Waals surface area (Å²) in [6.45, 7) is -3.04. The molecule has 0 radical (unpaired) electrons. The first kappa shape index (κ1) is 21.8. The highest BCUT2D eigenvalue weighted by Gasteiger charge is 2.54. The lowest BCUT2D eigenvalue weighted by molar-refractivity contribution is -0.249. The van der Waals surface area contributed by atoms with Gasteiger partial charge in [0.25, 0.3) is 0 Å². The first-order valence-corrected chi connectivity index (χ1v) is 7.73. The van der Waals surface area contributed by atoms with E-state index in [2.05, 4.69) is 0 Å². The maximum Gasteiger partial charge on any atom is 0.636 e. The molecule has 0 amide bonds. The van der Waals surface area contributed by atoms with Gasteiger partial charge in [0.2, 0.25) is 11.6 Å². The Morgan fingerprint density at radius 1 is 0.769 bits per heavy atom. The largest absolute Gasteiger partial charge is 0.636 e. The molecule has 14 heteroatoms. The maximum absolute atomic E-state index is 9.71. The number of hydrogen-bond acceptors (Lipinski definition) is 13. The Balaban J connectivity index is 1.77. The fourth-order valence-corrected chi connectivity index (χ4v) is 2.67. The van der Waals surface area contributed by atoms with Gasteiger partial charge in [-0.3, -0.25) is 0 Å². The quantitative estimate of drug-likeness (QED) is 0.177. The van der Waals surface area contributed by atoms with Gasteiger partial charge in [-0.05, 0) is 0 Å². The van der Waals surface area contributed by atoms with Crippen LogP contribution in [-0.2, 0) is 18.8 Å². The second-order valence-electron chi connectivity index (χ2n) is 6.16. The molecule has 2 aliphatic heterocycles. The Kier molecular flexibility index (Phi) is 6.95. The highest BCUT2D eigenvalue weighted by Crippen LogP contribution is 2.30. The molecule has 0 saturated carbocycles. The summed E-state index contributed by atoms with van der Waals surface area (Å²) in [7, 11) is -1.92. The standard InChI is InChI=1S/C12H23BO13/c14-3-11(20)9(18)7(16)5(25-11)1-23-13(22)24-2-6-8(17)10(19)12(21,4-15)26-6/h5-10,14-22H,1-4H2/t5-,6+,7+,8-,9+,10-,11-,12+. The molecule has 8 atom stereocenters. The zero-order valence-corrected chi connectivity index (χ0v) is 13.5. The van der Waals surface area contributed by atoms with E-state index in [-0.39, 0.29) is 0 Å². The van der Waals surface area contributed by atoms with Crippen LogP contribution in [0.3, 0.4) is 0 Å². The van der Waals surface area contributed by atoms with Gasteiger partial charge in [-0.2, -0.15) is 0 Å². The van der Waals surface area contributed by atoms with Gasteiger partial charge in [-0.1, -0.05) is 0 Å². The zero-order chi connectivity index (χ0) is 19.7. The summed E-state index contributed by atoms with van der Waals surface area (Å²) in [6, 6.07) is 0. The monoisotopic (exact) mass is 386 g/mol. The Morgan fingerprint density at radius 3 is 1.38 bits per heavy atom. The molecule has 26 heavy (non-hydrogen) atoms. The summed E-state index contributed by atoms with van der Waals surface area (Å²) in [5, 5.41) is 85.5. The molecular formula is C12H23BO13. The van der Waals surface area contributed by atoms with Crippen molar-refractivity contribution in [2.45, 2.75) is 48.2 Å². The molecule has 13 nitrogen and oxygen atoms in total. The third kappa shape index (κ3) is 4.17. The second-order valence-corrected chi connectivity index (χ2v) is 6.16. The van der Waals surface area contributed by atoms with Crippen molar-refractivity contribution in [3.05, 3.63) is 0 Å². The summed E-state index contributed by atoms with van der Waals surface area (Å²) < 4.78 is 19.4. The summed E-state index contributed by atoms with van der Waals surface area (Å²) in [6.07, 6.45) is -9.36. The second kappa shape index (κ2) is 8.28. The smallest absolute Gasteiger partial charge is 0.402 e. The third-order valence-electron chi connectivity index (χ3n) is 4.30. The summed E-state index contributed by atoms with van der Waals surface area (Å²) in [4.78, 5) is 0. The number of rotatable bonds is 8. The van der Waals surface area contributed by atoms with Crippen LogP contribution in [0.15, 0.2) is 0 Å². The number of ether oxygens (including phenoxy) is 2. The fourth-order valence-electron chi connectivity index (χ4n) is 2.67. The Hall–Kier alpha value is -0.455. The molecule has 9 N–H and O–H groups in total. The van der Waals surface area contributed by atoms with Gasteiger partial charge in [0.1, 0.15) is 36.6 Å². The molecule has 0 unspecified atom stereocenters. The van der Waals surface area contributed by atoms with Crippen molar-refractivity contribution in [2.24, 2.45) is 0 Å². The van der Waals surface area contributed by atoms with Crippen LogP contribution in [0.1, 0.15) is 0 Å². The van der Waals surface area contributed by atoms with Gasteiger partial charge in [-0.15, -0.1) is 0 Å². The van der Waals surface area contributed by atoms with Crippen molar-refractivity contribution < 1.29 is 64.7 Å². The lowest BCUT2D eigenvalue weighted by Crippen LogP contribution is -2.46. The van der Waals surface area contributed by atoms with E-state index in [9.17, 15) is 35.7 Å². The van der Waals surface area contributed by atoms with Crippen molar-refractivity contribution in [3.8, 4) is 0 Å². The van der Waals surface area contributed by atoms with Crippen molar-refractivity contribution >= 4 is 7.32 Å². The van der Waals surface area contributed by atoms with E-state index in [1.165, 1.54) is 0 Å². The van der Waals surface area contributed by atoms with Gasteiger partial charge in [0.15, 0.2) is 0 Å². The van der Waals surface area contributed by atoms with Gasteiger partial charge < -0.3 is 64.7 Å². The average Bonchev–Trinajstić information content (AvgIpc) is 2.99. The summed E-state index contributed by atoms with van der Waals surface area (Å²) in [5.41, 5.74) is 0. The highest BCUT2D eigenvalue weighted by atomic mass is 16.7. The third-order valence-corrected chi connectivity index (χ3v) is 4.30. The molecule has 152 valence electrons. The normalized spacial score (nSPS) is 46.0. The summed E-state index contributed by atoms with van der Waals surface area (Å²) in [5.74, 6) is -4.74. The van der Waals surface area contributed by atoms with Crippen LogP contribution in [0.5, 0.6) is 0 Å². The first-order chi connectivity index (χ1) is 12.1. The van der Waals surface area contributed by atoms with E-state index in [1.54, 1.807) is 0 Å². The maximum atomic E-state index is 9.71. The van der Waals surface area contributed by atoms with E-state index >= 15 is 0 Å². The zero-order valence-electron chi connectivity index (χ0n) is 13.5. The van der Waals surface area contributed by atoms with E-state index in [0.29, 0.717) is 0 Å². The number of aliphatic hydroxyl groups is 8. The van der Waals surface area contributed by atoms with Crippen LogP contribution in [0.4, 0.5) is 0 Å². The molecule has 0 aliphatic carbocycles. The number of hydrogen-bond donors (Lipinski definition) is 9. The molecule has 0 aromatic carbocycles. The average molecular weight is 386 g/mol. The van der Waals surface area contributed by atoms with Crippen LogP contribution < -0.4 is 0 Å². The van der Waals surface area contributed by atoms with Crippen LogP contribution in [0.2, 0.25) is 0 Å². The number of aliphatic hydroxyl groups excluding tert-OH is 6. The minimum Gasteiger partial charge on any atom is -0.402 e. The van der Waals surface area contributed by atoms with Crippen LogP contribution in [0.25, 0.3) is 0 Å². The predicted octanol–water partition coefficient (Wildman–Crippen LogP) is -6.40. The van der Waals surface area contributed by atoms with Gasteiger partial charge in [0, 0.05) is 0 Å². The van der Waals surface area contributed by atoms with E-state index < -0.39 is 81.9 Å². The lowest BCUT2D eigenvalue weighted by atomic mass is 10.1. The Morgan fingerprint density at radius 2 is 1.12 bits per heavy atom. The first-order valence-electron chi connectivity index (χ1n) is 7.73. The van der Waals surface area contributed by atoms with Crippen molar-refractivity contribution in [1.29, 1.82) is 0 Å². The summed E-state index contributed by atoms with van der Waals surface area (Å²) >= 11 is 0. The molecule has 2 rings (SSSR count). The molecule has 0 spiro atoms. The molecule has 0 aromatic heterocycles. The van der Waals surface area contributed by atoms with E-state index in [4.69, 9.17) is 29.0 Å². The molecule has 2 heterocycles. The molecule has 2 fully saturated rings. The minimum absolute atomic E-state index is 0.543. The molecule has 2 aliphatic rings. The molecular weight excluding hydrogens is 363 g/mol. The van der Waals surface area contributed by atoms with E-state index in [1.807, 2.05) is 0 Å². The van der Waals surface area contributed by atoms with Crippen molar-refractivity contribution in [3.63, 3.8) is 0 Å². The fraction of sp³-hybridized carbons (Fsp3) is 1.00. The van der Waals surface area contributed by atoms with Gasteiger partial charge in [-0.25, -0.2) is 0 Å². The SMILES string of the molecule is OC[C@@]1(O)O[C@H](COB(O)OC[C@@H]2O[C@@](O)(CO)[C@H](O)[C@@H]2O)[C@H](O)[C@@H]1O. The van der Waals surface area contributed by atoms with Gasteiger partial charge in [0.05, 0.1) is 26.4 Å². The minimum atomic E-state index is -2.37. The highest BCUT2D eigenvalue weighted by molar-refractivity contribution is 6.34. The molecule has 2 saturated heterocycles. The Bertz CT molecular complexity index is 430. The van der Waals surface area contributed by atoms with E-state index in [0.717, 1.165) is 0 Å². The lowest BCUT2D eigenvalue weighted by Gasteiger charge is -2.23. The van der Waals surface area contributed by atoms with Crippen molar-refractivity contribution in [1.82, 2.24) is 0 Å². The molecule has 0 aromatic rings. The molecule has 0 bridgehead atoms. The van der Waals surface area contributed by atoms with Crippen LogP contribution >= 0.6 is 0 Å². The van der Waals surface area contributed by atoms with Crippen LogP contribution in [-0.4, -0.2) is 128 Å². The van der Waals surface area contributed by atoms with Crippen molar-refractivity contribution in [2.75, 3.05) is 26.4 Å². The Labute approximate surface area is 147 Å². The van der Waals surface area contributed by atoms with Gasteiger partial charge >= 0.3 is 7.32 Å². The van der Waals surface area contributed by atoms with Crippen LogP contribution in [0, 0.1) is 0 Å².